The smallest absolute Gasteiger partial charge is 0.342 e. The van der Waals surface area contributed by atoms with Gasteiger partial charge in [0.1, 0.15) is 18.0 Å². The van der Waals surface area contributed by atoms with E-state index in [2.05, 4.69) is 9.88 Å². The van der Waals surface area contributed by atoms with E-state index in [0.717, 1.165) is 48.8 Å². The lowest BCUT2D eigenvalue weighted by Crippen LogP contribution is -2.33. The van der Waals surface area contributed by atoms with Gasteiger partial charge in [0.25, 0.3) is 0 Å². The fraction of sp³-hybridized carbons (Fsp3) is 0.370. The minimum atomic E-state index is -0.534. The first-order valence-electron chi connectivity index (χ1n) is 12.0. The Labute approximate surface area is 204 Å². The first-order valence-corrected chi connectivity index (χ1v) is 12.0. The van der Waals surface area contributed by atoms with Crippen molar-refractivity contribution >= 4 is 17.6 Å². The highest BCUT2D eigenvalue weighted by Gasteiger charge is 2.25. The highest BCUT2D eigenvalue weighted by atomic mass is 16.6. The van der Waals surface area contributed by atoms with E-state index >= 15 is 0 Å². The number of aryl methyl sites for hydroxylation is 1. The van der Waals surface area contributed by atoms with E-state index in [1.165, 1.54) is 0 Å². The van der Waals surface area contributed by atoms with Gasteiger partial charge >= 0.3 is 5.97 Å². The first kappa shape index (κ1) is 23.0. The third kappa shape index (κ3) is 4.73. The molecule has 2 aliphatic rings. The van der Waals surface area contributed by atoms with Crippen molar-refractivity contribution in [3.63, 3.8) is 0 Å². The molecule has 0 aliphatic carbocycles. The monoisotopic (exact) mass is 475 g/mol. The van der Waals surface area contributed by atoms with Crippen molar-refractivity contribution in [1.29, 1.82) is 0 Å². The normalized spacial score (nSPS) is 16.9. The molecule has 0 spiro atoms. The molecule has 3 aromatic rings. The van der Waals surface area contributed by atoms with Crippen molar-refractivity contribution in [3.05, 3.63) is 71.2 Å². The molecule has 1 fully saturated rings. The van der Waals surface area contributed by atoms with Gasteiger partial charge in [0.15, 0.2) is 24.2 Å². The molecule has 8 heteroatoms. The number of carbonyl (C=O) groups excluding carboxylic acids is 2. The summed E-state index contributed by atoms with van der Waals surface area (Å²) in [5, 5.41) is 0. The first-order chi connectivity index (χ1) is 17.0. The van der Waals surface area contributed by atoms with Crippen LogP contribution < -0.4 is 14.4 Å². The number of carbonyl (C=O) groups is 2. The predicted molar refractivity (Wildman–Crippen MR) is 131 cm³/mol. The van der Waals surface area contributed by atoms with Crippen LogP contribution >= 0.6 is 0 Å². The zero-order valence-electron chi connectivity index (χ0n) is 20.0. The van der Waals surface area contributed by atoms with Crippen LogP contribution in [0, 0.1) is 13.8 Å². The van der Waals surface area contributed by atoms with Gasteiger partial charge in [-0.05, 0) is 57.0 Å². The average molecular weight is 476 g/mol. The quantitative estimate of drug-likeness (QED) is 0.378. The second-order valence-corrected chi connectivity index (χ2v) is 8.96. The zero-order chi connectivity index (χ0) is 24.4. The van der Waals surface area contributed by atoms with Gasteiger partial charge in [-0.1, -0.05) is 12.1 Å². The van der Waals surface area contributed by atoms with Crippen LogP contribution in [0.1, 0.15) is 44.9 Å². The third-order valence-electron chi connectivity index (χ3n) is 6.57. The Morgan fingerprint density at radius 2 is 1.83 bits per heavy atom. The van der Waals surface area contributed by atoms with Crippen LogP contribution in [0.2, 0.25) is 0 Å². The molecule has 2 aromatic heterocycles. The molecular formula is C27H29N3O5. The number of hydrogen-bond acceptors (Lipinski definition) is 7. The summed E-state index contributed by atoms with van der Waals surface area (Å²) in [7, 11) is 0. The van der Waals surface area contributed by atoms with E-state index in [9.17, 15) is 9.59 Å². The molecule has 2 aliphatic heterocycles. The lowest BCUT2D eigenvalue weighted by molar-refractivity contribution is 0.0474. The topological polar surface area (TPSA) is 82.9 Å². The van der Waals surface area contributed by atoms with Crippen LogP contribution in [-0.4, -0.2) is 53.7 Å². The van der Waals surface area contributed by atoms with Crippen molar-refractivity contribution in [2.24, 2.45) is 0 Å². The Kier molecular flexibility index (Phi) is 6.44. The highest BCUT2D eigenvalue weighted by molar-refractivity contribution is 6.01. The number of anilines is 1. The summed E-state index contributed by atoms with van der Waals surface area (Å²) in [6.07, 6.45) is 3.64. The van der Waals surface area contributed by atoms with Crippen LogP contribution in [-0.2, 0) is 11.3 Å². The Morgan fingerprint density at radius 1 is 1.06 bits per heavy atom. The minimum absolute atomic E-state index is 0.176. The molecule has 0 saturated carbocycles. The summed E-state index contributed by atoms with van der Waals surface area (Å²) >= 11 is 0. The predicted octanol–water partition coefficient (Wildman–Crippen LogP) is 3.98. The number of nitrogens with zero attached hydrogens (tertiary/aromatic N) is 3. The third-order valence-corrected chi connectivity index (χ3v) is 6.57. The fourth-order valence-corrected chi connectivity index (χ4v) is 4.74. The molecule has 35 heavy (non-hydrogen) atoms. The Morgan fingerprint density at radius 3 is 2.63 bits per heavy atom. The van der Waals surface area contributed by atoms with Crippen LogP contribution in [0.3, 0.4) is 0 Å². The summed E-state index contributed by atoms with van der Waals surface area (Å²) in [5.41, 5.74) is 2.68. The molecule has 1 atom stereocenters. The summed E-state index contributed by atoms with van der Waals surface area (Å²) in [5.74, 6) is 1.31. The zero-order valence-corrected chi connectivity index (χ0v) is 20.0. The number of hydrogen-bond donors (Lipinski definition) is 0. The largest absolute Gasteiger partial charge is 0.486 e. The maximum absolute atomic E-state index is 13.0. The maximum atomic E-state index is 13.0. The van der Waals surface area contributed by atoms with Gasteiger partial charge in [0.05, 0.1) is 6.54 Å². The van der Waals surface area contributed by atoms with E-state index in [4.69, 9.17) is 14.2 Å². The number of benzene rings is 1. The molecule has 0 N–H and O–H groups in total. The van der Waals surface area contributed by atoms with Gasteiger partial charge in [0.2, 0.25) is 5.78 Å². The number of ketones is 1. The molecule has 0 bridgehead atoms. The van der Waals surface area contributed by atoms with E-state index in [-0.39, 0.29) is 18.5 Å². The van der Waals surface area contributed by atoms with Crippen LogP contribution in [0.4, 0.5) is 5.82 Å². The Bertz CT molecular complexity index is 1250. The fourth-order valence-electron chi connectivity index (χ4n) is 4.74. The van der Waals surface area contributed by atoms with Crippen molar-refractivity contribution < 1.29 is 23.8 Å². The number of ether oxygens (including phenoxy) is 3. The van der Waals surface area contributed by atoms with E-state index in [1.807, 2.05) is 48.7 Å². The maximum Gasteiger partial charge on any atom is 0.342 e. The number of fused-ring (bicyclic) bond motifs is 1. The number of aromatic nitrogens is 2. The number of rotatable bonds is 7. The summed E-state index contributed by atoms with van der Waals surface area (Å²) < 4.78 is 19.4. The standard InChI is InChI=1S/C27H29N3O5/c1-18-14-22(19(2)30(18)15-20-16-33-24-9-3-4-10-25(24)35-20)23(31)17-34-27(32)21-8-7-11-28-26(21)29-12-5-6-13-29/h3-4,7-11,14,20H,5-6,12-13,15-17H2,1-2H3. The number of Topliss-reactive ketones (excluding diaryl/α,β-unsaturated/α-hetero) is 1. The van der Waals surface area contributed by atoms with Crippen molar-refractivity contribution in [1.82, 2.24) is 9.55 Å². The number of para-hydroxylation sites is 2. The molecule has 1 aromatic carbocycles. The number of pyridine rings is 1. The van der Waals surface area contributed by atoms with E-state index in [1.54, 1.807) is 18.3 Å². The summed E-state index contributed by atoms with van der Waals surface area (Å²) in [6.45, 7) is 6.23. The second-order valence-electron chi connectivity index (χ2n) is 8.96. The van der Waals surface area contributed by atoms with E-state index < -0.39 is 5.97 Å². The average Bonchev–Trinajstić information content (AvgIpc) is 3.52. The molecule has 1 unspecified atom stereocenters. The van der Waals surface area contributed by atoms with E-state index in [0.29, 0.717) is 30.1 Å². The van der Waals surface area contributed by atoms with Gasteiger partial charge in [-0.2, -0.15) is 0 Å². The van der Waals surface area contributed by atoms with Gasteiger partial charge in [-0.15, -0.1) is 0 Å². The van der Waals surface area contributed by atoms with Crippen molar-refractivity contribution in [2.45, 2.75) is 39.3 Å². The minimum Gasteiger partial charge on any atom is -0.486 e. The lowest BCUT2D eigenvalue weighted by atomic mass is 10.1. The molecular weight excluding hydrogens is 446 g/mol. The van der Waals surface area contributed by atoms with Gasteiger partial charge in [-0.3, -0.25) is 4.79 Å². The Hall–Kier alpha value is -3.81. The molecule has 8 nitrogen and oxygen atoms in total. The summed E-state index contributed by atoms with van der Waals surface area (Å²) in [6, 6.07) is 12.8. The number of esters is 1. The van der Waals surface area contributed by atoms with Crippen LogP contribution in [0.15, 0.2) is 48.7 Å². The molecule has 0 radical (unpaired) electrons. The molecule has 1 saturated heterocycles. The molecule has 5 rings (SSSR count). The Balaban J connectivity index is 1.24. The second kappa shape index (κ2) is 9.82. The SMILES string of the molecule is Cc1cc(C(=O)COC(=O)c2cccnc2N2CCCC2)c(C)n1CC1COc2ccccc2O1. The molecule has 0 amide bonds. The summed E-state index contributed by atoms with van der Waals surface area (Å²) in [4.78, 5) is 32.3. The highest BCUT2D eigenvalue weighted by Crippen LogP contribution is 2.31. The van der Waals surface area contributed by atoms with Gasteiger partial charge in [0, 0.05) is 36.2 Å². The molecule has 4 heterocycles. The van der Waals surface area contributed by atoms with Gasteiger partial charge < -0.3 is 23.7 Å². The van der Waals surface area contributed by atoms with Crippen LogP contribution in [0.5, 0.6) is 11.5 Å². The molecule has 182 valence electrons. The lowest BCUT2D eigenvalue weighted by Gasteiger charge is -2.27. The van der Waals surface area contributed by atoms with Gasteiger partial charge in [-0.25, -0.2) is 9.78 Å². The van der Waals surface area contributed by atoms with Crippen molar-refractivity contribution in [2.75, 3.05) is 31.2 Å². The van der Waals surface area contributed by atoms with Crippen LogP contribution in [0.25, 0.3) is 0 Å². The van der Waals surface area contributed by atoms with Crippen molar-refractivity contribution in [3.8, 4) is 11.5 Å².